The summed E-state index contributed by atoms with van der Waals surface area (Å²) in [6, 6.07) is 7.09. The van der Waals surface area contributed by atoms with Gasteiger partial charge in [0, 0.05) is 32.5 Å². The summed E-state index contributed by atoms with van der Waals surface area (Å²) in [6.07, 6.45) is 5.00. The number of nitrogens with zero attached hydrogens (tertiary/aromatic N) is 4. The Labute approximate surface area is 197 Å². The van der Waals surface area contributed by atoms with Crippen molar-refractivity contribution in [2.75, 3.05) is 38.8 Å². The minimum atomic E-state index is -2.95. The van der Waals surface area contributed by atoms with Gasteiger partial charge in [0.2, 0.25) is 0 Å². The lowest BCUT2D eigenvalue weighted by atomic mass is 10.0. The minimum absolute atomic E-state index is 0.0553. The second-order valence-corrected chi connectivity index (χ2v) is 10.8. The first-order valence-electron chi connectivity index (χ1n) is 10.9. The topological polar surface area (TPSA) is 88.4 Å². The Morgan fingerprint density at radius 2 is 2.09 bits per heavy atom. The van der Waals surface area contributed by atoms with Crippen LogP contribution < -0.4 is 19.1 Å². The molecule has 180 valence electrons. The molecule has 4 heterocycles. The van der Waals surface area contributed by atoms with Crippen LogP contribution >= 0.6 is 0 Å². The van der Waals surface area contributed by atoms with Gasteiger partial charge in [-0.05, 0) is 48.5 Å². The van der Waals surface area contributed by atoms with Crippen LogP contribution in [0.2, 0.25) is 0 Å². The molecule has 2 aliphatic heterocycles. The number of rotatable bonds is 5. The molecule has 1 aromatic carbocycles. The molecule has 1 saturated heterocycles. The fraction of sp³-hybridized carbons (Fsp3) is 0.348. The maximum absolute atomic E-state index is 14.7. The Kier molecular flexibility index (Phi) is 5.61. The first-order valence-corrected chi connectivity index (χ1v) is 12.6. The molecule has 5 rings (SSSR count). The highest BCUT2D eigenvalue weighted by Crippen LogP contribution is 2.41. The number of nitrogens with one attached hydrogen (secondary N) is 1. The van der Waals surface area contributed by atoms with Crippen molar-refractivity contribution in [2.24, 2.45) is 0 Å². The molecule has 1 fully saturated rings. The molecule has 1 N–H and O–H groups in total. The van der Waals surface area contributed by atoms with E-state index in [-0.39, 0.29) is 11.8 Å². The molecule has 34 heavy (non-hydrogen) atoms. The van der Waals surface area contributed by atoms with Crippen LogP contribution in [-0.2, 0) is 9.89 Å². The molecule has 11 heteroatoms. The number of carbonyl (C=O) groups is 1. The van der Waals surface area contributed by atoms with Crippen molar-refractivity contribution in [1.82, 2.24) is 18.6 Å². The second-order valence-electron chi connectivity index (χ2n) is 8.54. The second kappa shape index (κ2) is 8.48. The lowest BCUT2D eigenvalue weighted by molar-refractivity contribution is 0.0983. The summed E-state index contributed by atoms with van der Waals surface area (Å²) in [5, 5.41) is 4.25. The summed E-state index contributed by atoms with van der Waals surface area (Å²) < 4.78 is 43.7. The third-order valence-corrected chi connectivity index (χ3v) is 7.86. The summed E-state index contributed by atoms with van der Waals surface area (Å²) in [5.41, 5.74) is 2.56. The number of fused-ring (bicyclic) bond motifs is 2. The van der Waals surface area contributed by atoms with E-state index in [1.165, 1.54) is 16.6 Å². The van der Waals surface area contributed by atoms with Crippen LogP contribution in [0.4, 0.5) is 10.1 Å². The van der Waals surface area contributed by atoms with Crippen LogP contribution in [0.25, 0.3) is 5.52 Å². The van der Waals surface area contributed by atoms with Gasteiger partial charge in [0.25, 0.3) is 5.91 Å². The van der Waals surface area contributed by atoms with Gasteiger partial charge in [0.15, 0.2) is 17.3 Å². The lowest BCUT2D eigenvalue weighted by Crippen LogP contribution is -2.39. The summed E-state index contributed by atoms with van der Waals surface area (Å²) in [5.74, 6) is 3.24. The molecule has 3 aromatic rings. The third-order valence-electron chi connectivity index (χ3n) is 6.18. The number of anilines is 1. The fourth-order valence-electron chi connectivity index (χ4n) is 4.36. The van der Waals surface area contributed by atoms with Crippen LogP contribution in [0.15, 0.2) is 36.7 Å². The van der Waals surface area contributed by atoms with Gasteiger partial charge in [-0.15, -0.1) is 0 Å². The van der Waals surface area contributed by atoms with Crippen LogP contribution in [0.3, 0.4) is 0 Å². The molecule has 0 radical (unpaired) electrons. The summed E-state index contributed by atoms with van der Waals surface area (Å²) >= 11 is 0. The smallest absolute Gasteiger partial charge is 0.267 e. The SMILES string of the molecule is C=S(=O)(NC(=O)c1cnn2ccc(N3CCCC3c3cc(F)c4c(c3)OCCO4)cc12)N(C)C. The van der Waals surface area contributed by atoms with E-state index in [2.05, 4.69) is 20.6 Å². The van der Waals surface area contributed by atoms with Crippen LogP contribution in [0, 0.1) is 5.82 Å². The van der Waals surface area contributed by atoms with E-state index in [1.54, 1.807) is 24.8 Å². The molecule has 2 unspecified atom stereocenters. The lowest BCUT2D eigenvalue weighted by Gasteiger charge is -2.28. The van der Waals surface area contributed by atoms with Crippen molar-refractivity contribution in [2.45, 2.75) is 18.9 Å². The van der Waals surface area contributed by atoms with Crippen molar-refractivity contribution in [3.8, 4) is 11.5 Å². The van der Waals surface area contributed by atoms with Crippen LogP contribution in [0.1, 0.15) is 34.8 Å². The van der Waals surface area contributed by atoms with E-state index in [1.807, 2.05) is 18.2 Å². The number of hydrogen-bond donors (Lipinski definition) is 1. The summed E-state index contributed by atoms with van der Waals surface area (Å²) in [4.78, 5) is 15.0. The number of hydrogen-bond acceptors (Lipinski definition) is 6. The van der Waals surface area contributed by atoms with E-state index in [4.69, 9.17) is 9.47 Å². The van der Waals surface area contributed by atoms with Gasteiger partial charge in [-0.25, -0.2) is 17.4 Å². The van der Waals surface area contributed by atoms with Crippen molar-refractivity contribution in [3.05, 3.63) is 53.6 Å². The van der Waals surface area contributed by atoms with E-state index >= 15 is 0 Å². The summed E-state index contributed by atoms with van der Waals surface area (Å²) in [7, 11) is 0.217. The highest BCUT2D eigenvalue weighted by molar-refractivity contribution is 7.96. The van der Waals surface area contributed by atoms with E-state index in [0.717, 1.165) is 30.6 Å². The van der Waals surface area contributed by atoms with Gasteiger partial charge in [-0.3, -0.25) is 9.52 Å². The van der Waals surface area contributed by atoms with Gasteiger partial charge in [-0.2, -0.15) is 5.10 Å². The number of aromatic nitrogens is 2. The number of carbonyl (C=O) groups excluding carboxylic acids is 1. The molecular weight excluding hydrogens is 461 g/mol. The average molecular weight is 488 g/mol. The zero-order valence-corrected chi connectivity index (χ0v) is 19.8. The largest absolute Gasteiger partial charge is 0.486 e. The Morgan fingerprint density at radius 1 is 1.29 bits per heavy atom. The third kappa shape index (κ3) is 3.94. The molecule has 1 amide bonds. The minimum Gasteiger partial charge on any atom is -0.486 e. The predicted molar refractivity (Wildman–Crippen MR) is 128 cm³/mol. The highest BCUT2D eigenvalue weighted by atomic mass is 32.2. The van der Waals surface area contributed by atoms with Gasteiger partial charge < -0.3 is 14.4 Å². The van der Waals surface area contributed by atoms with Gasteiger partial charge in [0.1, 0.15) is 23.1 Å². The molecule has 2 aromatic heterocycles. The number of amides is 1. The van der Waals surface area contributed by atoms with Crippen molar-refractivity contribution < 1.29 is 22.9 Å². The Morgan fingerprint density at radius 3 is 2.88 bits per heavy atom. The van der Waals surface area contributed by atoms with Crippen LogP contribution in [-0.4, -0.2) is 63.8 Å². The average Bonchev–Trinajstić information content (AvgIpc) is 3.45. The zero-order chi connectivity index (χ0) is 24.0. The zero-order valence-electron chi connectivity index (χ0n) is 19.0. The normalized spacial score (nSPS) is 19.4. The van der Waals surface area contributed by atoms with E-state index in [0.29, 0.717) is 30.0 Å². The molecule has 0 bridgehead atoms. The molecule has 2 atom stereocenters. The number of ether oxygens (including phenoxy) is 2. The van der Waals surface area contributed by atoms with Crippen molar-refractivity contribution in [3.63, 3.8) is 0 Å². The van der Waals surface area contributed by atoms with Gasteiger partial charge in [-0.1, -0.05) is 0 Å². The highest BCUT2D eigenvalue weighted by Gasteiger charge is 2.30. The van der Waals surface area contributed by atoms with Crippen molar-refractivity contribution in [1.29, 1.82) is 0 Å². The fourth-order valence-corrected chi connectivity index (χ4v) is 4.94. The van der Waals surface area contributed by atoms with E-state index < -0.39 is 21.6 Å². The van der Waals surface area contributed by atoms with Gasteiger partial charge >= 0.3 is 0 Å². The molecule has 0 spiro atoms. The number of benzene rings is 1. The molecule has 0 aliphatic carbocycles. The summed E-state index contributed by atoms with van der Waals surface area (Å²) in [6.45, 7) is 1.50. The number of halogens is 1. The molecule has 0 saturated carbocycles. The first-order chi connectivity index (χ1) is 16.2. The number of pyridine rings is 1. The quantitative estimate of drug-likeness (QED) is 0.556. The maximum Gasteiger partial charge on any atom is 0.267 e. The standard InChI is InChI=1S/C23H26FN5O4S/c1-27(2)34(3,31)26-23(30)17-14-25-29-8-6-16(13-20(17)29)28-7-4-5-19(28)15-11-18(24)22-21(12-15)32-9-10-33-22/h6,8,11-14,19H,3-5,7,9-10H2,1-2H3,(H,26,30,31). The van der Waals surface area contributed by atoms with Crippen LogP contribution in [0.5, 0.6) is 11.5 Å². The Bertz CT molecular complexity index is 1370. The van der Waals surface area contributed by atoms with Crippen molar-refractivity contribution >= 4 is 32.9 Å². The molecule has 9 nitrogen and oxygen atoms in total. The first kappa shape index (κ1) is 22.5. The Hall–Kier alpha value is -3.31. The maximum atomic E-state index is 14.7. The Balaban J connectivity index is 1.48. The van der Waals surface area contributed by atoms with E-state index in [9.17, 15) is 13.4 Å². The molecule has 2 aliphatic rings. The predicted octanol–water partition coefficient (Wildman–Crippen LogP) is 2.42. The van der Waals surface area contributed by atoms with Gasteiger partial charge in [0.05, 0.1) is 23.3 Å². The monoisotopic (exact) mass is 487 g/mol. The molecular formula is C23H26FN5O4S.